The van der Waals surface area contributed by atoms with Crippen molar-refractivity contribution in [3.8, 4) is 0 Å². The Labute approximate surface area is 64.4 Å². The molecule has 0 atom stereocenters. The Hall–Kier alpha value is -0.0400. The molecule has 1 aliphatic rings. The third kappa shape index (κ3) is 1.51. The first-order valence-corrected chi connectivity index (χ1v) is 4.33. The minimum absolute atomic E-state index is 0.720. The molecule has 1 rings (SSSR count). The molecule has 1 fully saturated rings. The van der Waals surface area contributed by atoms with Gasteiger partial charge in [0.05, 0.1) is 0 Å². The molecule has 0 aliphatic heterocycles. The summed E-state index contributed by atoms with van der Waals surface area (Å²) in [6, 6.07) is 1.60. The second kappa shape index (κ2) is 2.91. The lowest BCUT2D eigenvalue weighted by Crippen LogP contribution is -2.44. The number of nitrogens with zero attached hydrogens (tertiary/aromatic N) is 1. The van der Waals surface area contributed by atoms with Crippen LogP contribution < -0.4 is 0 Å². The topological polar surface area (TPSA) is 3.24 Å². The highest BCUT2D eigenvalue weighted by molar-refractivity contribution is 4.84. The van der Waals surface area contributed by atoms with Crippen LogP contribution in [0.4, 0.5) is 0 Å². The van der Waals surface area contributed by atoms with Crippen molar-refractivity contribution in [1.29, 1.82) is 0 Å². The van der Waals surface area contributed by atoms with Gasteiger partial charge < -0.3 is 4.90 Å². The normalized spacial score (nSPS) is 33.0. The molecule has 60 valence electrons. The fourth-order valence-corrected chi connectivity index (χ4v) is 1.61. The van der Waals surface area contributed by atoms with Crippen molar-refractivity contribution in [2.75, 3.05) is 7.05 Å². The van der Waals surface area contributed by atoms with E-state index in [0.717, 1.165) is 18.0 Å². The quantitative estimate of drug-likeness (QED) is 0.569. The molecule has 0 amide bonds. The summed E-state index contributed by atoms with van der Waals surface area (Å²) in [7, 11) is 2.24. The first-order valence-electron chi connectivity index (χ1n) is 4.33. The summed E-state index contributed by atoms with van der Waals surface area (Å²) in [6.45, 7) is 6.87. The zero-order chi connectivity index (χ0) is 7.72. The van der Waals surface area contributed by atoms with Crippen LogP contribution in [0.3, 0.4) is 0 Å². The van der Waals surface area contributed by atoms with E-state index in [9.17, 15) is 0 Å². The van der Waals surface area contributed by atoms with Crippen LogP contribution in [0.25, 0.3) is 0 Å². The lowest BCUT2D eigenvalue weighted by molar-refractivity contribution is 0.0854. The van der Waals surface area contributed by atoms with Gasteiger partial charge in [-0.3, -0.25) is 0 Å². The average molecular weight is 141 g/mol. The molecule has 1 saturated carbocycles. The molecule has 0 heterocycles. The summed E-state index contributed by atoms with van der Waals surface area (Å²) in [6.07, 6.45) is 2.82. The molecule has 0 aromatic heterocycles. The van der Waals surface area contributed by atoms with Gasteiger partial charge in [-0.2, -0.15) is 0 Å². The van der Waals surface area contributed by atoms with Gasteiger partial charge in [0.2, 0.25) is 0 Å². The second-order valence-electron chi connectivity index (χ2n) is 3.99. The Balaban J connectivity index is 2.24. The minimum atomic E-state index is 0.720. The summed E-state index contributed by atoms with van der Waals surface area (Å²) in [5, 5.41) is 0. The first-order chi connectivity index (χ1) is 4.61. The van der Waals surface area contributed by atoms with E-state index in [2.05, 4.69) is 32.7 Å². The Bertz CT molecular complexity index is 103. The molecule has 0 bridgehead atoms. The number of hydrogen-bond acceptors (Lipinski definition) is 1. The smallest absolute Gasteiger partial charge is 0.01000 e. The van der Waals surface area contributed by atoms with Crippen molar-refractivity contribution in [2.45, 2.75) is 45.7 Å². The SMILES string of the molecule is CC(C)N(C)[C@H]1C[C@@H](C)C1. The molecule has 1 aliphatic carbocycles. The maximum Gasteiger partial charge on any atom is 0.01000 e. The maximum atomic E-state index is 2.49. The van der Waals surface area contributed by atoms with Gasteiger partial charge in [0.15, 0.2) is 0 Å². The third-order valence-electron chi connectivity index (χ3n) is 2.74. The van der Waals surface area contributed by atoms with E-state index >= 15 is 0 Å². The van der Waals surface area contributed by atoms with E-state index in [1.165, 1.54) is 12.8 Å². The van der Waals surface area contributed by atoms with Crippen molar-refractivity contribution >= 4 is 0 Å². The Kier molecular flexibility index (Phi) is 2.35. The molecule has 1 nitrogen and oxygen atoms in total. The van der Waals surface area contributed by atoms with Gasteiger partial charge >= 0.3 is 0 Å². The largest absolute Gasteiger partial charge is 0.301 e. The van der Waals surface area contributed by atoms with E-state index in [1.54, 1.807) is 0 Å². The summed E-state index contributed by atoms with van der Waals surface area (Å²) in [4.78, 5) is 2.49. The zero-order valence-corrected chi connectivity index (χ0v) is 7.59. The lowest BCUT2D eigenvalue weighted by Gasteiger charge is -2.41. The van der Waals surface area contributed by atoms with Crippen molar-refractivity contribution in [2.24, 2.45) is 5.92 Å². The van der Waals surface area contributed by atoms with Gasteiger partial charge in [0.25, 0.3) is 0 Å². The van der Waals surface area contributed by atoms with Crippen molar-refractivity contribution in [3.63, 3.8) is 0 Å². The van der Waals surface area contributed by atoms with E-state index in [0.29, 0.717) is 0 Å². The molecule has 10 heavy (non-hydrogen) atoms. The molecular weight excluding hydrogens is 122 g/mol. The standard InChI is InChI=1S/C9H19N/c1-7(2)10(4)9-5-8(3)6-9/h7-9H,5-6H2,1-4H3/t8-,9+. The number of hydrogen-bond donors (Lipinski definition) is 0. The van der Waals surface area contributed by atoms with Crippen LogP contribution in [0.5, 0.6) is 0 Å². The van der Waals surface area contributed by atoms with Gasteiger partial charge in [-0.15, -0.1) is 0 Å². The number of rotatable bonds is 2. The average Bonchev–Trinajstić information content (AvgIpc) is 1.79. The molecule has 0 saturated heterocycles. The Morgan fingerprint density at radius 2 is 1.80 bits per heavy atom. The summed E-state index contributed by atoms with van der Waals surface area (Å²) >= 11 is 0. The first kappa shape index (κ1) is 8.06. The molecule has 0 radical (unpaired) electrons. The monoisotopic (exact) mass is 141 g/mol. The summed E-state index contributed by atoms with van der Waals surface area (Å²) in [5.41, 5.74) is 0. The van der Waals surface area contributed by atoms with E-state index in [1.807, 2.05) is 0 Å². The van der Waals surface area contributed by atoms with Crippen LogP contribution in [0.1, 0.15) is 33.6 Å². The van der Waals surface area contributed by atoms with Crippen LogP contribution in [0.2, 0.25) is 0 Å². The fraction of sp³-hybridized carbons (Fsp3) is 1.00. The fourth-order valence-electron chi connectivity index (χ4n) is 1.61. The van der Waals surface area contributed by atoms with Crippen molar-refractivity contribution in [1.82, 2.24) is 4.90 Å². The van der Waals surface area contributed by atoms with Crippen LogP contribution in [-0.4, -0.2) is 24.0 Å². The summed E-state index contributed by atoms with van der Waals surface area (Å²) in [5.74, 6) is 0.978. The van der Waals surface area contributed by atoms with Crippen molar-refractivity contribution < 1.29 is 0 Å². The zero-order valence-electron chi connectivity index (χ0n) is 7.59. The predicted octanol–water partition coefficient (Wildman–Crippen LogP) is 2.13. The van der Waals surface area contributed by atoms with E-state index in [4.69, 9.17) is 0 Å². The van der Waals surface area contributed by atoms with Crippen LogP contribution in [0.15, 0.2) is 0 Å². The van der Waals surface area contributed by atoms with Crippen LogP contribution in [-0.2, 0) is 0 Å². The van der Waals surface area contributed by atoms with E-state index < -0.39 is 0 Å². The van der Waals surface area contributed by atoms with Gasteiger partial charge in [0, 0.05) is 12.1 Å². The van der Waals surface area contributed by atoms with Gasteiger partial charge in [-0.25, -0.2) is 0 Å². The molecule has 0 unspecified atom stereocenters. The van der Waals surface area contributed by atoms with Crippen LogP contribution in [0, 0.1) is 5.92 Å². The Morgan fingerprint density at radius 1 is 1.30 bits per heavy atom. The highest BCUT2D eigenvalue weighted by Gasteiger charge is 2.29. The van der Waals surface area contributed by atoms with Crippen LogP contribution >= 0.6 is 0 Å². The molecule has 0 aromatic carbocycles. The lowest BCUT2D eigenvalue weighted by atomic mass is 9.80. The Morgan fingerprint density at radius 3 is 2.10 bits per heavy atom. The third-order valence-corrected chi connectivity index (χ3v) is 2.74. The second-order valence-corrected chi connectivity index (χ2v) is 3.99. The molecular formula is C9H19N. The molecule has 0 spiro atoms. The highest BCUT2D eigenvalue weighted by Crippen LogP contribution is 2.30. The minimum Gasteiger partial charge on any atom is -0.301 e. The van der Waals surface area contributed by atoms with Gasteiger partial charge in [-0.05, 0) is 39.7 Å². The van der Waals surface area contributed by atoms with Crippen molar-refractivity contribution in [3.05, 3.63) is 0 Å². The maximum absolute atomic E-state index is 2.49. The van der Waals surface area contributed by atoms with E-state index in [-0.39, 0.29) is 0 Å². The molecule has 1 heteroatoms. The summed E-state index contributed by atoms with van der Waals surface area (Å²) < 4.78 is 0. The van der Waals surface area contributed by atoms with Gasteiger partial charge in [0.1, 0.15) is 0 Å². The molecule has 0 aromatic rings. The highest BCUT2D eigenvalue weighted by atomic mass is 15.2. The predicted molar refractivity (Wildman–Crippen MR) is 45.1 cm³/mol. The van der Waals surface area contributed by atoms with Gasteiger partial charge in [-0.1, -0.05) is 6.92 Å². The molecule has 0 N–H and O–H groups in total.